The second-order valence-corrected chi connectivity index (χ2v) is 5.52. The van der Waals surface area contributed by atoms with Crippen molar-refractivity contribution in [3.63, 3.8) is 0 Å². The highest BCUT2D eigenvalue weighted by Gasteiger charge is 2.33. The first-order valence-electron chi connectivity index (χ1n) is 6.87. The molecule has 21 heavy (non-hydrogen) atoms. The Morgan fingerprint density at radius 3 is 2.86 bits per heavy atom. The van der Waals surface area contributed by atoms with Crippen LogP contribution in [-0.2, 0) is 4.79 Å². The van der Waals surface area contributed by atoms with Gasteiger partial charge in [-0.3, -0.25) is 4.79 Å². The summed E-state index contributed by atoms with van der Waals surface area (Å²) in [6, 6.07) is 4.57. The Hall–Kier alpha value is -2.24. The van der Waals surface area contributed by atoms with Crippen LogP contribution in [-0.4, -0.2) is 21.2 Å². The van der Waals surface area contributed by atoms with E-state index in [4.69, 9.17) is 9.63 Å². The molecule has 1 N–H and O–H groups in total. The number of carboxylic acids is 1. The summed E-state index contributed by atoms with van der Waals surface area (Å²) in [6.07, 6.45) is 1.86. The predicted octanol–water partition coefficient (Wildman–Crippen LogP) is 3.15. The number of halogens is 1. The Balaban J connectivity index is 1.82. The van der Waals surface area contributed by atoms with Crippen molar-refractivity contribution in [2.45, 2.75) is 32.1 Å². The van der Waals surface area contributed by atoms with Crippen LogP contribution < -0.4 is 0 Å². The van der Waals surface area contributed by atoms with E-state index >= 15 is 0 Å². The van der Waals surface area contributed by atoms with Crippen molar-refractivity contribution in [3.8, 4) is 11.4 Å². The van der Waals surface area contributed by atoms with Crippen LogP contribution in [0.4, 0.5) is 4.39 Å². The van der Waals surface area contributed by atoms with E-state index in [-0.39, 0.29) is 17.7 Å². The van der Waals surface area contributed by atoms with Crippen LogP contribution in [0.5, 0.6) is 0 Å². The minimum Gasteiger partial charge on any atom is -0.481 e. The van der Waals surface area contributed by atoms with E-state index in [9.17, 15) is 9.18 Å². The molecule has 1 aliphatic carbocycles. The number of aliphatic carboxylic acids is 1. The molecule has 1 aromatic heterocycles. The van der Waals surface area contributed by atoms with Gasteiger partial charge in [-0.15, -0.1) is 0 Å². The van der Waals surface area contributed by atoms with Gasteiger partial charge in [0, 0.05) is 11.5 Å². The van der Waals surface area contributed by atoms with E-state index in [2.05, 4.69) is 10.1 Å². The predicted molar refractivity (Wildman–Crippen MR) is 72.1 cm³/mol. The van der Waals surface area contributed by atoms with Gasteiger partial charge in [-0.2, -0.15) is 4.98 Å². The summed E-state index contributed by atoms with van der Waals surface area (Å²) in [4.78, 5) is 15.3. The molecule has 2 atom stereocenters. The number of aryl methyl sites for hydroxylation is 1. The molecular weight excluding hydrogens is 275 g/mol. The van der Waals surface area contributed by atoms with Crippen LogP contribution in [0.15, 0.2) is 22.7 Å². The highest BCUT2D eigenvalue weighted by molar-refractivity contribution is 5.70. The topological polar surface area (TPSA) is 76.2 Å². The molecule has 0 radical (unpaired) electrons. The average molecular weight is 290 g/mol. The lowest BCUT2D eigenvalue weighted by molar-refractivity contribution is -0.141. The van der Waals surface area contributed by atoms with Crippen LogP contribution in [0, 0.1) is 18.7 Å². The van der Waals surface area contributed by atoms with Crippen molar-refractivity contribution in [1.29, 1.82) is 0 Å². The van der Waals surface area contributed by atoms with Crippen molar-refractivity contribution in [3.05, 3.63) is 35.5 Å². The van der Waals surface area contributed by atoms with Gasteiger partial charge in [-0.1, -0.05) is 5.16 Å². The zero-order valence-electron chi connectivity index (χ0n) is 11.5. The van der Waals surface area contributed by atoms with Gasteiger partial charge in [0.15, 0.2) is 0 Å². The van der Waals surface area contributed by atoms with Gasteiger partial charge in [0.05, 0.1) is 5.92 Å². The van der Waals surface area contributed by atoms with Gasteiger partial charge in [0.1, 0.15) is 5.82 Å². The molecule has 5 nitrogen and oxygen atoms in total. The molecule has 0 amide bonds. The summed E-state index contributed by atoms with van der Waals surface area (Å²) in [5.41, 5.74) is 1.35. The lowest BCUT2D eigenvalue weighted by Gasteiger charge is -2.02. The SMILES string of the molecule is Cc1cc(F)cc(-c2noc(C3CCC(C(=O)O)C3)n2)c1. The number of aromatic nitrogens is 2. The Morgan fingerprint density at radius 1 is 1.38 bits per heavy atom. The summed E-state index contributed by atoms with van der Waals surface area (Å²) in [6.45, 7) is 1.79. The molecule has 1 aliphatic rings. The monoisotopic (exact) mass is 290 g/mol. The maximum atomic E-state index is 13.4. The average Bonchev–Trinajstić information content (AvgIpc) is 3.07. The molecule has 6 heteroatoms. The maximum absolute atomic E-state index is 13.4. The summed E-state index contributed by atoms with van der Waals surface area (Å²) >= 11 is 0. The minimum absolute atomic E-state index is 0.0259. The lowest BCUT2D eigenvalue weighted by Crippen LogP contribution is -2.09. The van der Waals surface area contributed by atoms with Gasteiger partial charge >= 0.3 is 5.97 Å². The Kier molecular flexibility index (Phi) is 3.45. The van der Waals surface area contributed by atoms with Crippen LogP contribution in [0.25, 0.3) is 11.4 Å². The highest BCUT2D eigenvalue weighted by atomic mass is 19.1. The van der Waals surface area contributed by atoms with Gasteiger partial charge < -0.3 is 9.63 Å². The number of carboxylic acid groups (broad SMARTS) is 1. The first-order chi connectivity index (χ1) is 10.0. The minimum atomic E-state index is -0.780. The maximum Gasteiger partial charge on any atom is 0.306 e. The number of rotatable bonds is 3. The Bertz CT molecular complexity index is 663. The standard InChI is InChI=1S/C15H15FN2O3/c1-8-4-11(7-12(16)5-8)13-17-14(21-18-13)9-2-3-10(6-9)15(19)20/h4-5,7,9-10H,2-3,6H2,1H3,(H,19,20). The van der Waals surface area contributed by atoms with E-state index in [1.165, 1.54) is 12.1 Å². The van der Waals surface area contributed by atoms with Crippen molar-refractivity contribution in [2.24, 2.45) is 5.92 Å². The molecule has 0 saturated heterocycles. The van der Waals surface area contributed by atoms with E-state index in [0.717, 1.165) is 12.0 Å². The summed E-state index contributed by atoms with van der Waals surface area (Å²) in [5.74, 6) is -0.716. The van der Waals surface area contributed by atoms with Crippen LogP contribution in [0.3, 0.4) is 0 Å². The number of benzene rings is 1. The molecular formula is C15H15FN2O3. The molecule has 3 rings (SSSR count). The van der Waals surface area contributed by atoms with E-state index in [1.54, 1.807) is 13.0 Å². The third-order valence-corrected chi connectivity index (χ3v) is 3.87. The lowest BCUT2D eigenvalue weighted by atomic mass is 10.1. The van der Waals surface area contributed by atoms with Crippen molar-refractivity contribution in [2.75, 3.05) is 0 Å². The highest BCUT2D eigenvalue weighted by Crippen LogP contribution is 2.38. The Labute approximate surface area is 120 Å². The van der Waals surface area contributed by atoms with Gasteiger partial charge in [-0.05, 0) is 49.9 Å². The van der Waals surface area contributed by atoms with E-state index in [1.807, 2.05) is 0 Å². The van der Waals surface area contributed by atoms with Crippen LogP contribution in [0.1, 0.15) is 36.6 Å². The molecule has 1 heterocycles. The van der Waals surface area contributed by atoms with Gasteiger partial charge in [0.2, 0.25) is 11.7 Å². The number of hydrogen-bond donors (Lipinski definition) is 1. The molecule has 1 saturated carbocycles. The number of hydrogen-bond acceptors (Lipinski definition) is 4. The largest absolute Gasteiger partial charge is 0.481 e. The molecule has 0 bridgehead atoms. The molecule has 2 aromatic rings. The number of nitrogens with zero attached hydrogens (tertiary/aromatic N) is 2. The van der Waals surface area contributed by atoms with Crippen molar-refractivity contribution < 1.29 is 18.8 Å². The second kappa shape index (κ2) is 5.27. The second-order valence-electron chi connectivity index (χ2n) is 5.52. The van der Waals surface area contributed by atoms with E-state index < -0.39 is 5.97 Å². The fraction of sp³-hybridized carbons (Fsp3) is 0.400. The van der Waals surface area contributed by atoms with Crippen LogP contribution in [0.2, 0.25) is 0 Å². The quantitative estimate of drug-likeness (QED) is 0.939. The first kappa shape index (κ1) is 13.7. The summed E-state index contributed by atoms with van der Waals surface area (Å²) in [5, 5.41) is 12.9. The number of carbonyl (C=O) groups is 1. The molecule has 110 valence electrons. The molecule has 0 aliphatic heterocycles. The zero-order valence-corrected chi connectivity index (χ0v) is 11.5. The van der Waals surface area contributed by atoms with Crippen molar-refractivity contribution in [1.82, 2.24) is 10.1 Å². The van der Waals surface area contributed by atoms with Gasteiger partial charge in [0.25, 0.3) is 0 Å². The normalized spacial score (nSPS) is 21.6. The van der Waals surface area contributed by atoms with Crippen LogP contribution >= 0.6 is 0 Å². The molecule has 1 fully saturated rings. The fourth-order valence-corrected chi connectivity index (χ4v) is 2.81. The zero-order chi connectivity index (χ0) is 15.0. The Morgan fingerprint density at radius 2 is 2.19 bits per heavy atom. The smallest absolute Gasteiger partial charge is 0.306 e. The van der Waals surface area contributed by atoms with Crippen molar-refractivity contribution >= 4 is 5.97 Å². The molecule has 1 aromatic carbocycles. The van der Waals surface area contributed by atoms with E-state index in [0.29, 0.717) is 30.1 Å². The fourth-order valence-electron chi connectivity index (χ4n) is 2.81. The third-order valence-electron chi connectivity index (χ3n) is 3.87. The first-order valence-corrected chi connectivity index (χ1v) is 6.87. The molecule has 2 unspecified atom stereocenters. The third kappa shape index (κ3) is 2.79. The summed E-state index contributed by atoms with van der Waals surface area (Å²) in [7, 11) is 0. The molecule has 0 spiro atoms. The van der Waals surface area contributed by atoms with Gasteiger partial charge in [-0.25, -0.2) is 4.39 Å². The summed E-state index contributed by atoms with van der Waals surface area (Å²) < 4.78 is 18.6.